The molecule has 2 heterocycles. The summed E-state index contributed by atoms with van der Waals surface area (Å²) in [7, 11) is 0. The van der Waals surface area contributed by atoms with Gasteiger partial charge in [0.1, 0.15) is 0 Å². The van der Waals surface area contributed by atoms with Crippen molar-refractivity contribution in [1.82, 2.24) is 9.80 Å². The molecule has 114 valence electrons. The molecule has 0 radical (unpaired) electrons. The summed E-state index contributed by atoms with van der Waals surface area (Å²) >= 11 is 0. The third kappa shape index (κ3) is 2.73. The zero-order chi connectivity index (χ0) is 14.2. The van der Waals surface area contributed by atoms with Crippen LogP contribution < -0.4 is 0 Å². The Kier molecular flexibility index (Phi) is 4.04. The predicted molar refractivity (Wildman–Crippen MR) is 78.4 cm³/mol. The number of hydrogen-bond donors (Lipinski definition) is 1. The van der Waals surface area contributed by atoms with Crippen LogP contribution in [0.15, 0.2) is 0 Å². The summed E-state index contributed by atoms with van der Waals surface area (Å²) in [5, 5.41) is 10.0. The fraction of sp³-hybridized carbons (Fsp3) is 0.938. The Morgan fingerprint density at radius 2 is 1.90 bits per heavy atom. The molecule has 3 rings (SSSR count). The first kappa shape index (κ1) is 14.3. The van der Waals surface area contributed by atoms with Crippen LogP contribution in [0, 0.1) is 5.92 Å². The molecule has 0 aromatic rings. The molecule has 0 spiro atoms. The Labute approximate surface area is 122 Å². The van der Waals surface area contributed by atoms with Gasteiger partial charge < -0.3 is 10.0 Å². The first-order valence-electron chi connectivity index (χ1n) is 8.35. The van der Waals surface area contributed by atoms with Crippen molar-refractivity contribution in [2.75, 3.05) is 26.2 Å². The van der Waals surface area contributed by atoms with Gasteiger partial charge in [0.25, 0.3) is 0 Å². The lowest BCUT2D eigenvalue weighted by molar-refractivity contribution is -0.147. The molecular weight excluding hydrogens is 252 g/mol. The summed E-state index contributed by atoms with van der Waals surface area (Å²) in [5.41, 5.74) is -0.532. The van der Waals surface area contributed by atoms with Crippen molar-refractivity contribution in [2.45, 2.75) is 63.5 Å². The van der Waals surface area contributed by atoms with Crippen LogP contribution in [0.3, 0.4) is 0 Å². The predicted octanol–water partition coefficient (Wildman–Crippen LogP) is 1.62. The van der Waals surface area contributed by atoms with E-state index in [1.807, 2.05) is 6.92 Å². The van der Waals surface area contributed by atoms with Crippen LogP contribution in [0.25, 0.3) is 0 Å². The van der Waals surface area contributed by atoms with Crippen molar-refractivity contribution in [3.63, 3.8) is 0 Å². The molecule has 1 N–H and O–H groups in total. The molecule has 1 amide bonds. The number of carbonyl (C=O) groups is 1. The minimum absolute atomic E-state index is 0.291. The molecule has 0 aromatic heterocycles. The second kappa shape index (κ2) is 5.64. The fourth-order valence-electron chi connectivity index (χ4n) is 4.34. The summed E-state index contributed by atoms with van der Waals surface area (Å²) in [6.45, 7) is 4.79. The van der Waals surface area contributed by atoms with E-state index in [4.69, 9.17) is 0 Å². The largest absolute Gasteiger partial charge is 0.387 e. The van der Waals surface area contributed by atoms with Crippen molar-refractivity contribution in [2.24, 2.45) is 5.92 Å². The molecule has 0 aromatic carbocycles. The van der Waals surface area contributed by atoms with Crippen LogP contribution in [0.2, 0.25) is 0 Å². The zero-order valence-electron chi connectivity index (χ0n) is 12.7. The number of carbonyl (C=O) groups excluding carboxylic acids is 1. The summed E-state index contributed by atoms with van der Waals surface area (Å²) < 4.78 is 0. The van der Waals surface area contributed by atoms with Crippen LogP contribution in [0.5, 0.6) is 0 Å². The third-order valence-corrected chi connectivity index (χ3v) is 5.62. The van der Waals surface area contributed by atoms with E-state index in [2.05, 4.69) is 9.80 Å². The summed E-state index contributed by atoms with van der Waals surface area (Å²) in [6.07, 6.45) is 8.41. The van der Waals surface area contributed by atoms with Gasteiger partial charge in [-0.1, -0.05) is 19.8 Å². The standard InChI is InChI=1S/C16H28N2O2/c1-2-16(20)11-17(12-16)10-15(19)18-9-5-7-13-6-3-4-8-14(13)18/h13-14,20H,2-12H2,1H3. The number of amides is 1. The zero-order valence-corrected chi connectivity index (χ0v) is 12.7. The number of hydrogen-bond acceptors (Lipinski definition) is 3. The third-order valence-electron chi connectivity index (χ3n) is 5.62. The van der Waals surface area contributed by atoms with E-state index in [1.54, 1.807) is 0 Å². The molecule has 2 aliphatic heterocycles. The molecule has 2 saturated heterocycles. The topological polar surface area (TPSA) is 43.8 Å². The molecule has 4 nitrogen and oxygen atoms in total. The maximum absolute atomic E-state index is 12.6. The van der Waals surface area contributed by atoms with Gasteiger partial charge in [0.2, 0.25) is 5.91 Å². The van der Waals surface area contributed by atoms with Crippen molar-refractivity contribution in [1.29, 1.82) is 0 Å². The normalized spacial score (nSPS) is 33.4. The van der Waals surface area contributed by atoms with Gasteiger partial charge in [-0.2, -0.15) is 0 Å². The number of piperidine rings is 1. The number of fused-ring (bicyclic) bond motifs is 1. The monoisotopic (exact) mass is 280 g/mol. The van der Waals surface area contributed by atoms with E-state index in [9.17, 15) is 9.90 Å². The first-order chi connectivity index (χ1) is 9.61. The minimum Gasteiger partial charge on any atom is -0.387 e. The van der Waals surface area contributed by atoms with Crippen LogP contribution in [-0.2, 0) is 4.79 Å². The molecule has 0 bridgehead atoms. The minimum atomic E-state index is -0.532. The lowest BCUT2D eigenvalue weighted by Gasteiger charge is -2.48. The fourth-order valence-corrected chi connectivity index (χ4v) is 4.34. The van der Waals surface area contributed by atoms with E-state index in [1.165, 1.54) is 38.5 Å². The average Bonchev–Trinajstić information content (AvgIpc) is 2.44. The van der Waals surface area contributed by atoms with Gasteiger partial charge in [0.05, 0.1) is 12.1 Å². The Bertz CT molecular complexity index is 363. The molecular formula is C16H28N2O2. The highest BCUT2D eigenvalue weighted by atomic mass is 16.3. The highest BCUT2D eigenvalue weighted by molar-refractivity contribution is 5.79. The Morgan fingerprint density at radius 1 is 1.20 bits per heavy atom. The van der Waals surface area contributed by atoms with Crippen LogP contribution in [0.1, 0.15) is 51.9 Å². The summed E-state index contributed by atoms with van der Waals surface area (Å²) in [5.74, 6) is 1.05. The number of nitrogens with zero attached hydrogens (tertiary/aromatic N) is 2. The average molecular weight is 280 g/mol. The first-order valence-corrected chi connectivity index (χ1v) is 8.35. The molecule has 3 aliphatic rings. The molecule has 4 heteroatoms. The summed E-state index contributed by atoms with van der Waals surface area (Å²) in [4.78, 5) is 16.8. The van der Waals surface area contributed by atoms with Gasteiger partial charge in [0, 0.05) is 25.7 Å². The molecule has 2 unspecified atom stereocenters. The molecule has 2 atom stereocenters. The molecule has 20 heavy (non-hydrogen) atoms. The Morgan fingerprint density at radius 3 is 2.65 bits per heavy atom. The number of likely N-dealkylation sites (tertiary alicyclic amines) is 2. The van der Waals surface area contributed by atoms with Gasteiger partial charge >= 0.3 is 0 Å². The van der Waals surface area contributed by atoms with Gasteiger partial charge in [0.15, 0.2) is 0 Å². The van der Waals surface area contributed by atoms with Crippen LogP contribution >= 0.6 is 0 Å². The molecule has 1 saturated carbocycles. The van der Waals surface area contributed by atoms with E-state index >= 15 is 0 Å². The van der Waals surface area contributed by atoms with E-state index in [-0.39, 0.29) is 0 Å². The van der Waals surface area contributed by atoms with E-state index in [0.717, 1.165) is 18.9 Å². The second-order valence-corrected chi connectivity index (χ2v) is 7.06. The highest BCUT2D eigenvalue weighted by Gasteiger charge is 2.42. The van der Waals surface area contributed by atoms with Crippen molar-refractivity contribution >= 4 is 5.91 Å². The smallest absolute Gasteiger partial charge is 0.237 e. The van der Waals surface area contributed by atoms with Gasteiger partial charge in [-0.25, -0.2) is 0 Å². The highest BCUT2D eigenvalue weighted by Crippen LogP contribution is 2.35. The number of β-amino-alcohol motifs (C(OH)–C–C–N with tert-alkyl or cyclic N) is 1. The SMILES string of the molecule is CCC1(O)CN(CC(=O)N2CCCC3CCCCC32)C1. The van der Waals surface area contributed by atoms with Gasteiger partial charge in [-0.15, -0.1) is 0 Å². The quantitative estimate of drug-likeness (QED) is 0.854. The number of rotatable bonds is 3. The Hall–Kier alpha value is -0.610. The Balaban J connectivity index is 1.54. The maximum Gasteiger partial charge on any atom is 0.237 e. The molecule has 3 fully saturated rings. The van der Waals surface area contributed by atoms with Crippen molar-refractivity contribution in [3.05, 3.63) is 0 Å². The van der Waals surface area contributed by atoms with Crippen molar-refractivity contribution < 1.29 is 9.90 Å². The van der Waals surface area contributed by atoms with Crippen molar-refractivity contribution in [3.8, 4) is 0 Å². The summed E-state index contributed by atoms with van der Waals surface area (Å²) in [6, 6.07) is 0.510. The molecule has 1 aliphatic carbocycles. The second-order valence-electron chi connectivity index (χ2n) is 7.06. The van der Waals surface area contributed by atoms with E-state index in [0.29, 0.717) is 31.6 Å². The van der Waals surface area contributed by atoms with Crippen LogP contribution in [0.4, 0.5) is 0 Å². The van der Waals surface area contributed by atoms with Gasteiger partial charge in [-0.05, 0) is 38.0 Å². The van der Waals surface area contributed by atoms with Gasteiger partial charge in [-0.3, -0.25) is 9.69 Å². The maximum atomic E-state index is 12.6. The number of aliphatic hydroxyl groups is 1. The lowest BCUT2D eigenvalue weighted by Crippen LogP contribution is -2.64. The lowest BCUT2D eigenvalue weighted by atomic mass is 9.78. The van der Waals surface area contributed by atoms with Crippen LogP contribution in [-0.4, -0.2) is 58.6 Å². The van der Waals surface area contributed by atoms with E-state index < -0.39 is 5.60 Å².